The highest BCUT2D eigenvalue weighted by Crippen LogP contribution is 2.29. The van der Waals surface area contributed by atoms with Crippen molar-refractivity contribution in [3.05, 3.63) is 35.9 Å². The van der Waals surface area contributed by atoms with Gasteiger partial charge in [0.25, 0.3) is 0 Å². The summed E-state index contributed by atoms with van der Waals surface area (Å²) in [7, 11) is 0. The van der Waals surface area contributed by atoms with Crippen molar-refractivity contribution in [2.45, 2.75) is 59.6 Å². The molecular formula is C22H32INO6. The van der Waals surface area contributed by atoms with E-state index >= 15 is 0 Å². The van der Waals surface area contributed by atoms with E-state index in [0.717, 1.165) is 5.56 Å². The number of benzene rings is 1. The Bertz CT molecular complexity index is 677. The van der Waals surface area contributed by atoms with E-state index in [1.807, 2.05) is 80.6 Å². The lowest BCUT2D eigenvalue weighted by atomic mass is 9.83. The molecule has 1 amide bonds. The number of alkyl halides is 1. The molecular weight excluding hydrogens is 501 g/mol. The van der Waals surface area contributed by atoms with E-state index in [9.17, 15) is 14.4 Å². The number of nitrogens with one attached hydrogen (secondary N) is 1. The van der Waals surface area contributed by atoms with Crippen LogP contribution in [0.4, 0.5) is 4.79 Å². The molecule has 7 nitrogen and oxygen atoms in total. The van der Waals surface area contributed by atoms with Crippen molar-refractivity contribution in [3.63, 3.8) is 0 Å². The van der Waals surface area contributed by atoms with Gasteiger partial charge in [-0.05, 0) is 46.9 Å². The molecule has 8 heteroatoms. The first-order valence-corrected chi connectivity index (χ1v) is 11.7. The Balaban J connectivity index is 2.75. The van der Waals surface area contributed by atoms with Gasteiger partial charge in [-0.2, -0.15) is 0 Å². The summed E-state index contributed by atoms with van der Waals surface area (Å²) < 4.78 is 16.1. The first-order chi connectivity index (χ1) is 14.3. The van der Waals surface area contributed by atoms with Crippen molar-refractivity contribution in [2.24, 2.45) is 11.3 Å². The highest BCUT2D eigenvalue weighted by atomic mass is 127. The Morgan fingerprint density at radius 1 is 1.03 bits per heavy atom. The maximum absolute atomic E-state index is 12.8. The van der Waals surface area contributed by atoms with Gasteiger partial charge < -0.3 is 19.5 Å². The molecule has 0 saturated heterocycles. The molecule has 0 spiro atoms. The van der Waals surface area contributed by atoms with Gasteiger partial charge in [0.2, 0.25) is 0 Å². The van der Waals surface area contributed by atoms with E-state index in [-0.39, 0.29) is 29.7 Å². The van der Waals surface area contributed by atoms with Gasteiger partial charge in [-0.25, -0.2) is 9.59 Å². The van der Waals surface area contributed by atoms with Crippen LogP contribution in [0.3, 0.4) is 0 Å². The van der Waals surface area contributed by atoms with Gasteiger partial charge in [-0.3, -0.25) is 4.79 Å². The summed E-state index contributed by atoms with van der Waals surface area (Å²) in [4.78, 5) is 37.4. The molecule has 168 valence electrons. The molecule has 30 heavy (non-hydrogen) atoms. The minimum absolute atomic E-state index is 0.0953. The zero-order valence-corrected chi connectivity index (χ0v) is 20.3. The largest absolute Gasteiger partial charge is 0.463 e. The number of alkyl carbamates (subject to hydrolysis) is 1. The van der Waals surface area contributed by atoms with E-state index in [0.29, 0.717) is 19.3 Å². The molecule has 1 aromatic rings. The molecule has 0 aliphatic rings. The van der Waals surface area contributed by atoms with E-state index in [4.69, 9.17) is 14.2 Å². The fourth-order valence-corrected chi connectivity index (χ4v) is 3.15. The molecule has 0 radical (unpaired) electrons. The number of esters is 2. The van der Waals surface area contributed by atoms with Crippen molar-refractivity contribution in [1.29, 1.82) is 0 Å². The maximum atomic E-state index is 12.8. The van der Waals surface area contributed by atoms with Crippen LogP contribution in [0, 0.1) is 11.3 Å². The molecule has 0 bridgehead atoms. The topological polar surface area (TPSA) is 90.9 Å². The second kappa shape index (κ2) is 13.5. The van der Waals surface area contributed by atoms with Crippen LogP contribution in [0.5, 0.6) is 0 Å². The molecule has 0 aromatic heterocycles. The van der Waals surface area contributed by atoms with Crippen molar-refractivity contribution in [1.82, 2.24) is 5.32 Å². The number of carbonyl (C=O) groups is 3. The summed E-state index contributed by atoms with van der Waals surface area (Å²) in [6.07, 6.45) is 0.921. The highest BCUT2D eigenvalue weighted by Gasteiger charge is 2.39. The second-order valence-electron chi connectivity index (χ2n) is 7.21. The summed E-state index contributed by atoms with van der Waals surface area (Å²) in [6.45, 7) is 7.49. The van der Waals surface area contributed by atoms with Crippen LogP contribution in [0.15, 0.2) is 30.3 Å². The van der Waals surface area contributed by atoms with Crippen molar-refractivity contribution in [3.8, 4) is 0 Å². The van der Waals surface area contributed by atoms with Crippen LogP contribution in [-0.2, 0) is 30.4 Å². The summed E-state index contributed by atoms with van der Waals surface area (Å²) in [5.74, 6) is -1.14. The van der Waals surface area contributed by atoms with Gasteiger partial charge in [-0.1, -0.05) is 64.4 Å². The Morgan fingerprint density at radius 2 is 1.67 bits per heavy atom. The standard InChI is InChI=1S/C22H32INO6/c1-5-16(4)18(24-21(27)28-13-17-11-9-8-10-12-17)19(25)29-14-22(6-2,7-3)20(26)30-15-23/h8-12,16,18H,5-7,13-15H2,1-4H3,(H,24,27)/t16-,18-/m0/s1. The smallest absolute Gasteiger partial charge is 0.408 e. The van der Waals surface area contributed by atoms with E-state index in [1.165, 1.54) is 0 Å². The van der Waals surface area contributed by atoms with E-state index in [1.54, 1.807) is 0 Å². The predicted molar refractivity (Wildman–Crippen MR) is 122 cm³/mol. The number of hydrogen-bond donors (Lipinski definition) is 1. The molecule has 0 unspecified atom stereocenters. The molecule has 1 rings (SSSR count). The monoisotopic (exact) mass is 533 g/mol. The summed E-state index contributed by atoms with van der Waals surface area (Å²) in [5, 5.41) is 2.61. The first kappa shape index (κ1) is 26.2. The summed E-state index contributed by atoms with van der Waals surface area (Å²) in [5.41, 5.74) is -0.0472. The summed E-state index contributed by atoms with van der Waals surface area (Å²) >= 11 is 1.95. The molecule has 2 atom stereocenters. The van der Waals surface area contributed by atoms with Crippen LogP contribution in [0.1, 0.15) is 52.5 Å². The SMILES string of the molecule is CC[C@H](C)[C@H](NC(=O)OCc1ccccc1)C(=O)OCC(CC)(CC)C(=O)OCI. The summed E-state index contributed by atoms with van der Waals surface area (Å²) in [6, 6.07) is 8.40. The maximum Gasteiger partial charge on any atom is 0.408 e. The molecule has 0 aliphatic heterocycles. The van der Waals surface area contributed by atoms with Crippen LogP contribution < -0.4 is 5.32 Å². The molecule has 0 heterocycles. The number of hydrogen-bond acceptors (Lipinski definition) is 6. The van der Waals surface area contributed by atoms with E-state index in [2.05, 4.69) is 5.32 Å². The number of rotatable bonds is 12. The van der Waals surface area contributed by atoms with Gasteiger partial charge in [-0.15, -0.1) is 0 Å². The van der Waals surface area contributed by atoms with Gasteiger partial charge in [0.05, 0.1) is 0 Å². The fraction of sp³-hybridized carbons (Fsp3) is 0.591. The molecule has 0 fully saturated rings. The van der Waals surface area contributed by atoms with Crippen LogP contribution in [0.25, 0.3) is 0 Å². The van der Waals surface area contributed by atoms with Crippen molar-refractivity contribution in [2.75, 3.05) is 11.2 Å². The molecule has 1 aromatic carbocycles. The normalized spacial score (nSPS) is 13.1. The second-order valence-corrected chi connectivity index (χ2v) is 7.83. The zero-order chi connectivity index (χ0) is 22.6. The zero-order valence-electron chi connectivity index (χ0n) is 18.1. The van der Waals surface area contributed by atoms with Crippen LogP contribution in [0.2, 0.25) is 0 Å². The quantitative estimate of drug-likeness (QED) is 0.183. The van der Waals surface area contributed by atoms with Crippen molar-refractivity contribution < 1.29 is 28.6 Å². The molecule has 0 saturated carbocycles. The van der Waals surface area contributed by atoms with Crippen LogP contribution >= 0.6 is 22.6 Å². The number of halogens is 1. The minimum Gasteiger partial charge on any atom is -0.463 e. The number of ether oxygens (including phenoxy) is 3. The Hall–Kier alpha value is -1.84. The number of carbonyl (C=O) groups excluding carboxylic acids is 3. The lowest BCUT2D eigenvalue weighted by Gasteiger charge is -2.30. The Labute approximate surface area is 192 Å². The molecule has 1 N–H and O–H groups in total. The fourth-order valence-electron chi connectivity index (χ4n) is 2.86. The first-order valence-electron chi connectivity index (χ1n) is 10.2. The Morgan fingerprint density at radius 3 is 2.20 bits per heavy atom. The van der Waals surface area contributed by atoms with Crippen LogP contribution in [-0.4, -0.2) is 35.3 Å². The third kappa shape index (κ3) is 7.77. The van der Waals surface area contributed by atoms with Crippen molar-refractivity contribution >= 4 is 40.6 Å². The lowest BCUT2D eigenvalue weighted by molar-refractivity contribution is -0.164. The number of amides is 1. The average Bonchev–Trinajstić information content (AvgIpc) is 2.77. The average molecular weight is 533 g/mol. The molecule has 0 aliphatic carbocycles. The lowest BCUT2D eigenvalue weighted by Crippen LogP contribution is -2.47. The minimum atomic E-state index is -0.894. The van der Waals surface area contributed by atoms with Gasteiger partial charge in [0.1, 0.15) is 29.3 Å². The Kier molecular flexibility index (Phi) is 11.8. The van der Waals surface area contributed by atoms with Gasteiger partial charge in [0.15, 0.2) is 0 Å². The third-order valence-electron chi connectivity index (χ3n) is 5.42. The van der Waals surface area contributed by atoms with Gasteiger partial charge in [0, 0.05) is 0 Å². The highest BCUT2D eigenvalue weighted by molar-refractivity contribution is 14.1. The van der Waals surface area contributed by atoms with E-state index < -0.39 is 23.5 Å². The van der Waals surface area contributed by atoms with Gasteiger partial charge >= 0.3 is 18.0 Å². The third-order valence-corrected chi connectivity index (χ3v) is 5.73. The predicted octanol–water partition coefficient (Wildman–Crippen LogP) is 4.61.